The first-order valence-corrected chi connectivity index (χ1v) is 11.8. The van der Waals surface area contributed by atoms with Gasteiger partial charge in [0.25, 0.3) is 0 Å². The number of aryl methyl sites for hydroxylation is 3. The Balaban J connectivity index is 1.52. The number of thioether (sulfide) groups is 1. The molecule has 0 saturated carbocycles. The molecular formula is C26H25N5OS. The Bertz CT molecular complexity index is 1280. The summed E-state index contributed by atoms with van der Waals surface area (Å²) in [6.07, 6.45) is 0. The molecule has 4 aromatic rings. The van der Waals surface area contributed by atoms with Crippen molar-refractivity contribution >= 4 is 23.4 Å². The SMILES string of the molecule is Cc1cc(C)c(NC(=O)[C@@H]2Sc3nnc(-c4ccccc4)n3N[C@@H]2c2ccccc2)c(C)c1. The molecule has 1 aliphatic heterocycles. The summed E-state index contributed by atoms with van der Waals surface area (Å²) in [5.41, 5.74) is 9.68. The number of amides is 1. The number of rotatable bonds is 4. The molecule has 7 heteroatoms. The summed E-state index contributed by atoms with van der Waals surface area (Å²) >= 11 is 1.43. The highest BCUT2D eigenvalue weighted by Crippen LogP contribution is 2.39. The predicted octanol–water partition coefficient (Wildman–Crippen LogP) is 5.27. The number of nitrogens with zero attached hydrogens (tertiary/aromatic N) is 3. The van der Waals surface area contributed by atoms with Crippen molar-refractivity contribution in [2.45, 2.75) is 37.2 Å². The van der Waals surface area contributed by atoms with Crippen molar-refractivity contribution in [1.29, 1.82) is 0 Å². The number of hydrogen-bond acceptors (Lipinski definition) is 5. The van der Waals surface area contributed by atoms with Crippen LogP contribution in [0.25, 0.3) is 11.4 Å². The van der Waals surface area contributed by atoms with E-state index in [4.69, 9.17) is 0 Å². The van der Waals surface area contributed by atoms with Crippen LogP contribution >= 0.6 is 11.8 Å². The van der Waals surface area contributed by atoms with Crippen LogP contribution in [0.15, 0.2) is 78.0 Å². The maximum absolute atomic E-state index is 13.6. The van der Waals surface area contributed by atoms with Crippen LogP contribution in [0.3, 0.4) is 0 Å². The molecule has 0 spiro atoms. The summed E-state index contributed by atoms with van der Waals surface area (Å²) in [6, 6.07) is 23.9. The summed E-state index contributed by atoms with van der Waals surface area (Å²) in [5, 5.41) is 12.2. The smallest absolute Gasteiger partial charge is 0.240 e. The first-order chi connectivity index (χ1) is 16.0. The lowest BCUT2D eigenvalue weighted by Gasteiger charge is -2.33. The minimum Gasteiger partial charge on any atom is -0.325 e. The Morgan fingerprint density at radius 1 is 0.939 bits per heavy atom. The molecular weight excluding hydrogens is 430 g/mol. The van der Waals surface area contributed by atoms with Crippen LogP contribution in [-0.2, 0) is 4.79 Å². The average Bonchev–Trinajstić information content (AvgIpc) is 3.24. The van der Waals surface area contributed by atoms with E-state index in [-0.39, 0.29) is 11.9 Å². The van der Waals surface area contributed by atoms with E-state index in [0.717, 1.165) is 33.8 Å². The van der Waals surface area contributed by atoms with Gasteiger partial charge in [0, 0.05) is 11.3 Å². The number of carbonyl (C=O) groups excluding carboxylic acids is 1. The van der Waals surface area contributed by atoms with Gasteiger partial charge in [0.2, 0.25) is 11.1 Å². The molecule has 1 aromatic heterocycles. The molecule has 2 N–H and O–H groups in total. The molecule has 1 amide bonds. The van der Waals surface area contributed by atoms with E-state index in [1.807, 2.05) is 79.2 Å². The summed E-state index contributed by atoms with van der Waals surface area (Å²) in [5.74, 6) is 0.662. The van der Waals surface area contributed by atoms with E-state index in [2.05, 4.69) is 40.0 Å². The van der Waals surface area contributed by atoms with E-state index >= 15 is 0 Å². The number of anilines is 1. The maximum Gasteiger partial charge on any atom is 0.240 e. The van der Waals surface area contributed by atoms with E-state index < -0.39 is 5.25 Å². The average molecular weight is 456 g/mol. The van der Waals surface area contributed by atoms with Crippen LogP contribution in [0, 0.1) is 20.8 Å². The fourth-order valence-electron chi connectivity index (χ4n) is 4.31. The van der Waals surface area contributed by atoms with Crippen molar-refractivity contribution in [3.8, 4) is 11.4 Å². The van der Waals surface area contributed by atoms with E-state index in [9.17, 15) is 4.79 Å². The maximum atomic E-state index is 13.6. The van der Waals surface area contributed by atoms with Crippen LogP contribution in [0.1, 0.15) is 28.3 Å². The highest BCUT2D eigenvalue weighted by Gasteiger charge is 2.38. The number of fused-ring (bicyclic) bond motifs is 1. The molecule has 0 fully saturated rings. The number of aromatic nitrogens is 3. The highest BCUT2D eigenvalue weighted by atomic mass is 32.2. The van der Waals surface area contributed by atoms with E-state index in [1.54, 1.807) is 0 Å². The lowest BCUT2D eigenvalue weighted by atomic mass is 10.0. The Labute approximate surface area is 197 Å². The number of benzene rings is 3. The van der Waals surface area contributed by atoms with Gasteiger partial charge in [0.05, 0.1) is 6.04 Å². The lowest BCUT2D eigenvalue weighted by molar-refractivity contribution is -0.116. The van der Waals surface area contributed by atoms with Crippen LogP contribution in [0.2, 0.25) is 0 Å². The summed E-state index contributed by atoms with van der Waals surface area (Å²) < 4.78 is 1.89. The molecule has 0 bridgehead atoms. The molecule has 33 heavy (non-hydrogen) atoms. The van der Waals surface area contributed by atoms with Gasteiger partial charge in [-0.1, -0.05) is 90.1 Å². The molecule has 1 aliphatic rings. The van der Waals surface area contributed by atoms with E-state index in [1.165, 1.54) is 17.3 Å². The van der Waals surface area contributed by atoms with Crippen molar-refractivity contribution in [2.75, 3.05) is 10.7 Å². The Hall–Kier alpha value is -3.58. The lowest BCUT2D eigenvalue weighted by Crippen LogP contribution is -2.41. The molecule has 166 valence electrons. The van der Waals surface area contributed by atoms with E-state index in [0.29, 0.717) is 5.16 Å². The molecule has 5 rings (SSSR count). The van der Waals surface area contributed by atoms with Gasteiger partial charge in [0.15, 0.2) is 5.82 Å². The molecule has 2 atom stereocenters. The zero-order valence-corrected chi connectivity index (χ0v) is 19.6. The van der Waals surface area contributed by atoms with Gasteiger partial charge < -0.3 is 10.7 Å². The third kappa shape index (κ3) is 4.12. The monoisotopic (exact) mass is 455 g/mol. The summed E-state index contributed by atoms with van der Waals surface area (Å²) in [6.45, 7) is 6.12. The largest absolute Gasteiger partial charge is 0.325 e. The fourth-order valence-corrected chi connectivity index (χ4v) is 5.39. The molecule has 6 nitrogen and oxygen atoms in total. The second kappa shape index (κ2) is 8.75. The fraction of sp³-hybridized carbons (Fsp3) is 0.192. The molecule has 3 aromatic carbocycles. The van der Waals surface area contributed by atoms with Crippen molar-refractivity contribution < 1.29 is 4.79 Å². The number of carbonyl (C=O) groups is 1. The van der Waals surface area contributed by atoms with Gasteiger partial charge in [0.1, 0.15) is 5.25 Å². The van der Waals surface area contributed by atoms with Gasteiger partial charge in [-0.25, -0.2) is 4.68 Å². The van der Waals surface area contributed by atoms with Gasteiger partial charge in [-0.05, 0) is 37.5 Å². The summed E-state index contributed by atoms with van der Waals surface area (Å²) in [7, 11) is 0. The topological polar surface area (TPSA) is 71.8 Å². The zero-order chi connectivity index (χ0) is 22.9. The van der Waals surface area contributed by atoms with Gasteiger partial charge >= 0.3 is 0 Å². The van der Waals surface area contributed by atoms with Gasteiger partial charge in [-0.15, -0.1) is 10.2 Å². The second-order valence-corrected chi connectivity index (χ2v) is 9.44. The van der Waals surface area contributed by atoms with Crippen LogP contribution < -0.4 is 10.7 Å². The van der Waals surface area contributed by atoms with Crippen LogP contribution in [0.4, 0.5) is 5.69 Å². The molecule has 2 heterocycles. The Kier molecular flexibility index (Phi) is 5.64. The zero-order valence-electron chi connectivity index (χ0n) is 18.7. The minimum atomic E-state index is -0.423. The van der Waals surface area contributed by atoms with Crippen molar-refractivity contribution in [3.63, 3.8) is 0 Å². The predicted molar refractivity (Wildman–Crippen MR) is 133 cm³/mol. The van der Waals surface area contributed by atoms with Crippen molar-refractivity contribution in [1.82, 2.24) is 14.9 Å². The van der Waals surface area contributed by atoms with Crippen molar-refractivity contribution in [3.05, 3.63) is 95.1 Å². The van der Waals surface area contributed by atoms with Crippen molar-refractivity contribution in [2.24, 2.45) is 0 Å². The molecule has 0 aliphatic carbocycles. The first-order valence-electron chi connectivity index (χ1n) is 10.9. The quantitative estimate of drug-likeness (QED) is 0.439. The molecule has 0 radical (unpaired) electrons. The molecule has 0 saturated heterocycles. The Morgan fingerprint density at radius 2 is 1.58 bits per heavy atom. The third-order valence-electron chi connectivity index (χ3n) is 5.81. The normalized spacial score (nSPS) is 17.2. The highest BCUT2D eigenvalue weighted by molar-refractivity contribution is 8.00. The standard InChI is InChI=1S/C26H25N5OS/c1-16-14-17(2)21(18(3)15-16)27-25(32)23-22(19-10-6-4-7-11-19)30-31-24(28-29-26(31)33-23)20-12-8-5-9-13-20/h4-15,22-23,30H,1-3H3,(H,27,32)/t22-,23-/m1/s1. The van der Waals surface area contributed by atoms with Crippen LogP contribution in [-0.4, -0.2) is 26.0 Å². The van der Waals surface area contributed by atoms with Gasteiger partial charge in [-0.3, -0.25) is 4.79 Å². The summed E-state index contributed by atoms with van der Waals surface area (Å²) in [4.78, 5) is 13.6. The number of nitrogens with one attached hydrogen (secondary N) is 2. The number of hydrogen-bond donors (Lipinski definition) is 2. The second-order valence-electron chi connectivity index (χ2n) is 8.33. The van der Waals surface area contributed by atoms with Gasteiger partial charge in [-0.2, -0.15) is 0 Å². The van der Waals surface area contributed by atoms with Crippen LogP contribution in [0.5, 0.6) is 0 Å². The minimum absolute atomic E-state index is 0.0630. The molecule has 0 unspecified atom stereocenters. The third-order valence-corrected chi connectivity index (χ3v) is 7.03. The Morgan fingerprint density at radius 3 is 2.24 bits per heavy atom. The first kappa shape index (κ1) is 21.3.